The smallest absolute Gasteiger partial charge is 0.0738 e. The predicted molar refractivity (Wildman–Crippen MR) is 150 cm³/mol. The van der Waals surface area contributed by atoms with Gasteiger partial charge in [-0.25, -0.2) is 9.97 Å². The lowest BCUT2D eigenvalue weighted by molar-refractivity contribution is 1.28. The number of hydrogen-bond acceptors (Lipinski definition) is 2. The normalized spacial score (nSPS) is 12.2. The van der Waals surface area contributed by atoms with Crippen molar-refractivity contribution >= 4 is 46.4 Å². The van der Waals surface area contributed by atoms with Gasteiger partial charge in [0.05, 0.1) is 22.8 Å². The molecule has 7 rings (SSSR count). The van der Waals surface area contributed by atoms with Crippen LogP contribution in [0.1, 0.15) is 22.8 Å². The Bertz CT molecular complexity index is 1820. The maximum absolute atomic E-state index is 5.17. The summed E-state index contributed by atoms with van der Waals surface area (Å²) >= 11 is 0. The van der Waals surface area contributed by atoms with E-state index in [1.165, 1.54) is 0 Å². The number of hydrogen-bond donors (Lipinski definition) is 2. The van der Waals surface area contributed by atoms with Crippen LogP contribution >= 0.6 is 0 Å². The highest BCUT2D eigenvalue weighted by molar-refractivity contribution is 5.94. The molecule has 0 fully saturated rings. The maximum Gasteiger partial charge on any atom is 0.0738 e. The van der Waals surface area contributed by atoms with Gasteiger partial charge in [0.1, 0.15) is 0 Å². The summed E-state index contributed by atoms with van der Waals surface area (Å²) in [5.41, 5.74) is 12.0. The summed E-state index contributed by atoms with van der Waals surface area (Å²) in [6.07, 6.45) is 8.34. The van der Waals surface area contributed by atoms with Crippen LogP contribution in [-0.4, -0.2) is 19.9 Å². The van der Waals surface area contributed by atoms with E-state index >= 15 is 0 Å². The zero-order valence-corrected chi connectivity index (χ0v) is 19.4. The van der Waals surface area contributed by atoms with Crippen LogP contribution in [0.2, 0.25) is 0 Å². The third-order valence-electron chi connectivity index (χ3n) is 6.52. The molecule has 0 radical (unpaired) electrons. The molecule has 0 amide bonds. The van der Waals surface area contributed by atoms with Crippen molar-refractivity contribution in [2.75, 3.05) is 0 Å². The number of rotatable bonds is 2. The fourth-order valence-electron chi connectivity index (χ4n) is 4.88. The molecule has 5 aromatic rings. The van der Waals surface area contributed by atoms with Gasteiger partial charge in [-0.3, -0.25) is 0 Å². The molecule has 2 aliphatic rings. The Kier molecular flexibility index (Phi) is 4.74. The first-order chi connectivity index (χ1) is 17.8. The number of nitrogens with one attached hydrogen (secondary N) is 2. The molecule has 0 spiro atoms. The Morgan fingerprint density at radius 1 is 0.444 bits per heavy atom. The lowest BCUT2D eigenvalue weighted by atomic mass is 10.0. The van der Waals surface area contributed by atoms with E-state index in [-0.39, 0.29) is 0 Å². The fraction of sp³-hybridized carbons (Fsp3) is 0. The molecule has 4 heteroatoms. The lowest BCUT2D eigenvalue weighted by Crippen LogP contribution is -1.89. The fourth-order valence-corrected chi connectivity index (χ4v) is 4.88. The highest BCUT2D eigenvalue weighted by atomic mass is 14.8. The van der Waals surface area contributed by atoms with Crippen LogP contribution < -0.4 is 0 Å². The maximum atomic E-state index is 5.17. The summed E-state index contributed by atoms with van der Waals surface area (Å²) in [6, 6.07) is 33.4. The van der Waals surface area contributed by atoms with E-state index < -0.39 is 0 Å². The van der Waals surface area contributed by atoms with E-state index in [1.54, 1.807) is 0 Å². The number of aromatic nitrogens is 4. The van der Waals surface area contributed by atoms with E-state index in [9.17, 15) is 0 Å². The standard InChI is InChI=1S/C32H22N4/c1-3-7-21(8-4-1)31-27-15-13-25(34-27)19-23-11-12-24(33-23)20-26-14-16-28(35-26)32(22-9-5-2-6-10-22)30-18-17-29(31)36-30/h1-20,33-34H. The highest BCUT2D eigenvalue weighted by Gasteiger charge is 2.16. The molecule has 0 atom stereocenters. The molecule has 36 heavy (non-hydrogen) atoms. The van der Waals surface area contributed by atoms with Gasteiger partial charge >= 0.3 is 0 Å². The molecule has 2 aliphatic heterocycles. The van der Waals surface area contributed by atoms with E-state index in [4.69, 9.17) is 9.97 Å². The number of benzene rings is 2. The summed E-state index contributed by atoms with van der Waals surface area (Å²) in [5.74, 6) is 0. The van der Waals surface area contributed by atoms with Gasteiger partial charge < -0.3 is 9.97 Å². The molecule has 8 bridgehead atoms. The van der Waals surface area contributed by atoms with Crippen molar-refractivity contribution in [1.29, 1.82) is 0 Å². The highest BCUT2D eigenvalue weighted by Crippen LogP contribution is 2.34. The van der Waals surface area contributed by atoms with Crippen molar-refractivity contribution in [3.05, 3.63) is 120 Å². The molecular weight excluding hydrogens is 440 g/mol. The van der Waals surface area contributed by atoms with E-state index in [2.05, 4.69) is 119 Å². The van der Waals surface area contributed by atoms with Crippen LogP contribution in [0.5, 0.6) is 0 Å². The Morgan fingerprint density at radius 2 is 1.00 bits per heavy atom. The predicted octanol–water partition coefficient (Wildman–Crippen LogP) is 7.99. The number of aromatic amines is 2. The van der Waals surface area contributed by atoms with Crippen molar-refractivity contribution in [2.24, 2.45) is 0 Å². The monoisotopic (exact) mass is 462 g/mol. The summed E-state index contributed by atoms with van der Waals surface area (Å²) in [6.45, 7) is 0. The van der Waals surface area contributed by atoms with E-state index in [0.29, 0.717) is 0 Å². The zero-order chi connectivity index (χ0) is 23.9. The Balaban J connectivity index is 1.64. The molecule has 2 N–H and O–H groups in total. The van der Waals surface area contributed by atoms with Gasteiger partial charge in [0.25, 0.3) is 0 Å². The Labute approximate surface area is 208 Å². The van der Waals surface area contributed by atoms with Crippen molar-refractivity contribution in [2.45, 2.75) is 0 Å². The van der Waals surface area contributed by atoms with Crippen molar-refractivity contribution < 1.29 is 0 Å². The third kappa shape index (κ3) is 3.65. The molecule has 4 nitrogen and oxygen atoms in total. The summed E-state index contributed by atoms with van der Waals surface area (Å²) in [5, 5.41) is 0. The first-order valence-corrected chi connectivity index (χ1v) is 12.0. The van der Waals surface area contributed by atoms with E-state index in [1.807, 2.05) is 12.1 Å². The largest absolute Gasteiger partial charge is 0.355 e. The van der Waals surface area contributed by atoms with Crippen LogP contribution in [0.3, 0.4) is 0 Å². The topological polar surface area (TPSA) is 57.4 Å². The first-order valence-electron chi connectivity index (χ1n) is 12.0. The number of fused-ring (bicyclic) bond motifs is 8. The quantitative estimate of drug-likeness (QED) is 0.273. The summed E-state index contributed by atoms with van der Waals surface area (Å²) < 4.78 is 0. The second-order valence-corrected chi connectivity index (χ2v) is 8.94. The minimum absolute atomic E-state index is 0.905. The minimum Gasteiger partial charge on any atom is -0.355 e. The van der Waals surface area contributed by atoms with E-state index in [0.717, 1.165) is 67.1 Å². The van der Waals surface area contributed by atoms with Crippen LogP contribution in [0, 0.1) is 0 Å². The lowest BCUT2D eigenvalue weighted by Gasteiger charge is -2.05. The SMILES string of the molecule is C1=Cc2nc1cc1ccc(cc3ccc([nH]3)c(-c3ccccc3)c3nc(c2-c2ccccc2)C=C3)[nH]1. The van der Waals surface area contributed by atoms with Crippen LogP contribution in [0.15, 0.2) is 97.1 Å². The zero-order valence-electron chi connectivity index (χ0n) is 19.4. The van der Waals surface area contributed by atoms with Gasteiger partial charge in [-0.05, 0) is 71.8 Å². The molecule has 5 heterocycles. The van der Waals surface area contributed by atoms with Crippen molar-refractivity contribution in [1.82, 2.24) is 19.9 Å². The average Bonchev–Trinajstić information content (AvgIpc) is 3.72. The van der Waals surface area contributed by atoms with Crippen molar-refractivity contribution in [3.63, 3.8) is 0 Å². The number of nitrogens with zero attached hydrogens (tertiary/aromatic N) is 2. The van der Waals surface area contributed by atoms with Gasteiger partial charge in [0.15, 0.2) is 0 Å². The minimum atomic E-state index is 0.905. The molecule has 170 valence electrons. The second-order valence-electron chi connectivity index (χ2n) is 8.94. The second kappa shape index (κ2) is 8.36. The molecule has 0 aliphatic carbocycles. The molecule has 0 saturated heterocycles. The Morgan fingerprint density at radius 3 is 1.75 bits per heavy atom. The molecule has 3 aromatic heterocycles. The Hall–Kier alpha value is -4.96. The molecule has 2 aromatic carbocycles. The van der Waals surface area contributed by atoms with Crippen molar-refractivity contribution in [3.8, 4) is 22.3 Å². The van der Waals surface area contributed by atoms with Gasteiger partial charge in [0, 0.05) is 33.2 Å². The average molecular weight is 463 g/mol. The molecular formula is C32H22N4. The molecule has 0 saturated carbocycles. The van der Waals surface area contributed by atoms with Gasteiger partial charge in [-0.1, -0.05) is 60.7 Å². The van der Waals surface area contributed by atoms with Crippen LogP contribution in [-0.2, 0) is 0 Å². The molecule has 0 unspecified atom stereocenters. The van der Waals surface area contributed by atoms with Gasteiger partial charge in [-0.2, -0.15) is 0 Å². The van der Waals surface area contributed by atoms with Gasteiger partial charge in [-0.15, -0.1) is 0 Å². The van der Waals surface area contributed by atoms with Gasteiger partial charge in [0.2, 0.25) is 0 Å². The first kappa shape index (κ1) is 20.4. The van der Waals surface area contributed by atoms with Crippen LogP contribution in [0.4, 0.5) is 0 Å². The third-order valence-corrected chi connectivity index (χ3v) is 6.52. The summed E-state index contributed by atoms with van der Waals surface area (Å²) in [4.78, 5) is 17.2. The summed E-state index contributed by atoms with van der Waals surface area (Å²) in [7, 11) is 0. The van der Waals surface area contributed by atoms with Crippen LogP contribution in [0.25, 0.3) is 68.6 Å². The number of H-pyrrole nitrogens is 2.